The largest absolute Gasteiger partial charge is 0.372 e. The number of anilines is 2. The molecule has 3 N–H and O–H groups in total. The van der Waals surface area contributed by atoms with Gasteiger partial charge in [-0.15, -0.1) is 0 Å². The zero-order valence-corrected chi connectivity index (χ0v) is 9.82. The quantitative estimate of drug-likeness (QED) is 0.792. The number of fused-ring (bicyclic) bond motifs is 1. The summed E-state index contributed by atoms with van der Waals surface area (Å²) in [6.07, 6.45) is 0. The van der Waals surface area contributed by atoms with Crippen LogP contribution in [0.4, 0.5) is 11.4 Å². The summed E-state index contributed by atoms with van der Waals surface area (Å²) < 4.78 is 0. The molecule has 4 heteroatoms. The molecule has 0 fully saturated rings. The van der Waals surface area contributed by atoms with E-state index >= 15 is 0 Å². The van der Waals surface area contributed by atoms with Gasteiger partial charge >= 0.3 is 0 Å². The topological polar surface area (TPSA) is 58.4 Å². The van der Waals surface area contributed by atoms with Crippen LogP contribution < -0.4 is 16.0 Å². The molecule has 0 aromatic heterocycles. The molecule has 0 saturated carbocycles. The summed E-state index contributed by atoms with van der Waals surface area (Å²) in [6, 6.07) is 5.79. The third-order valence-corrected chi connectivity index (χ3v) is 3.09. The third kappa shape index (κ3) is 1.65. The van der Waals surface area contributed by atoms with Crippen molar-refractivity contribution in [3.05, 3.63) is 23.8 Å². The van der Waals surface area contributed by atoms with E-state index in [1.807, 2.05) is 25.2 Å². The van der Waals surface area contributed by atoms with Gasteiger partial charge in [0.05, 0.1) is 0 Å². The van der Waals surface area contributed by atoms with Crippen LogP contribution in [0, 0.1) is 0 Å². The van der Waals surface area contributed by atoms with Gasteiger partial charge in [-0.1, -0.05) is 6.07 Å². The highest BCUT2D eigenvalue weighted by molar-refractivity contribution is 6.02. The number of nitrogens with zero attached hydrogens (tertiary/aromatic N) is 1. The number of hydrogen-bond acceptors (Lipinski definition) is 3. The van der Waals surface area contributed by atoms with Crippen LogP contribution in [-0.2, 0) is 4.79 Å². The maximum atomic E-state index is 11.4. The summed E-state index contributed by atoms with van der Waals surface area (Å²) in [7, 11) is 2.03. The molecule has 1 aliphatic rings. The van der Waals surface area contributed by atoms with Crippen molar-refractivity contribution in [2.75, 3.05) is 17.3 Å². The van der Waals surface area contributed by atoms with Gasteiger partial charge in [-0.25, -0.2) is 0 Å². The standard InChI is InChI=1S/C12H17N3O/c1-7(2)15(3)8-4-5-9-10(6-8)14-12(16)11(9)13/h4-7,11H,13H2,1-3H3,(H,14,16). The van der Waals surface area contributed by atoms with Crippen LogP contribution in [0.15, 0.2) is 18.2 Å². The van der Waals surface area contributed by atoms with E-state index < -0.39 is 6.04 Å². The molecular formula is C12H17N3O. The smallest absolute Gasteiger partial charge is 0.245 e. The molecule has 1 aromatic carbocycles. The van der Waals surface area contributed by atoms with Crippen LogP contribution in [0.3, 0.4) is 0 Å². The van der Waals surface area contributed by atoms with Crippen LogP contribution in [0.5, 0.6) is 0 Å². The third-order valence-electron chi connectivity index (χ3n) is 3.09. The van der Waals surface area contributed by atoms with Crippen LogP contribution in [0.25, 0.3) is 0 Å². The molecule has 86 valence electrons. The monoisotopic (exact) mass is 219 g/mol. The highest BCUT2D eigenvalue weighted by Gasteiger charge is 2.27. The summed E-state index contributed by atoms with van der Waals surface area (Å²) in [6.45, 7) is 4.25. The first-order chi connectivity index (χ1) is 7.50. The van der Waals surface area contributed by atoms with Gasteiger partial charge in [0.2, 0.25) is 5.91 Å². The van der Waals surface area contributed by atoms with E-state index in [1.54, 1.807) is 0 Å². The Labute approximate surface area is 95.4 Å². The molecule has 2 rings (SSSR count). The van der Waals surface area contributed by atoms with Gasteiger partial charge < -0.3 is 16.0 Å². The number of carbonyl (C=O) groups excluding carboxylic acids is 1. The number of carbonyl (C=O) groups is 1. The van der Waals surface area contributed by atoms with Gasteiger partial charge in [-0.2, -0.15) is 0 Å². The predicted octanol–water partition coefficient (Wildman–Crippen LogP) is 1.48. The van der Waals surface area contributed by atoms with Crippen molar-refractivity contribution in [3.8, 4) is 0 Å². The number of rotatable bonds is 2. The first-order valence-electron chi connectivity index (χ1n) is 5.44. The van der Waals surface area contributed by atoms with E-state index in [4.69, 9.17) is 5.73 Å². The minimum absolute atomic E-state index is 0.126. The Kier molecular flexibility index (Phi) is 2.59. The lowest BCUT2D eigenvalue weighted by Gasteiger charge is -2.24. The van der Waals surface area contributed by atoms with Gasteiger partial charge in [0.25, 0.3) is 0 Å². The Morgan fingerprint density at radius 3 is 2.75 bits per heavy atom. The molecule has 1 atom stereocenters. The molecular weight excluding hydrogens is 202 g/mol. The Morgan fingerprint density at radius 1 is 1.44 bits per heavy atom. The highest BCUT2D eigenvalue weighted by atomic mass is 16.2. The van der Waals surface area contributed by atoms with Crippen molar-refractivity contribution in [2.45, 2.75) is 25.9 Å². The first-order valence-corrected chi connectivity index (χ1v) is 5.44. The van der Waals surface area contributed by atoms with Crippen LogP contribution >= 0.6 is 0 Å². The van der Waals surface area contributed by atoms with Crippen LogP contribution in [-0.4, -0.2) is 19.0 Å². The number of nitrogens with one attached hydrogen (secondary N) is 1. The molecule has 1 aliphatic heterocycles. The fourth-order valence-electron chi connectivity index (χ4n) is 1.79. The summed E-state index contributed by atoms with van der Waals surface area (Å²) >= 11 is 0. The normalized spacial score (nSPS) is 18.6. The van der Waals surface area contributed by atoms with Crippen LogP contribution in [0.2, 0.25) is 0 Å². The van der Waals surface area contributed by atoms with E-state index in [9.17, 15) is 4.79 Å². The van der Waals surface area contributed by atoms with Gasteiger partial charge in [-0.3, -0.25) is 4.79 Å². The van der Waals surface area contributed by atoms with E-state index in [1.165, 1.54) is 0 Å². The number of amides is 1. The van der Waals surface area contributed by atoms with Crippen molar-refractivity contribution in [1.82, 2.24) is 0 Å². The molecule has 0 radical (unpaired) electrons. The fourth-order valence-corrected chi connectivity index (χ4v) is 1.79. The van der Waals surface area contributed by atoms with Gasteiger partial charge in [0, 0.05) is 30.0 Å². The molecule has 16 heavy (non-hydrogen) atoms. The van der Waals surface area contributed by atoms with E-state index in [0.29, 0.717) is 6.04 Å². The summed E-state index contributed by atoms with van der Waals surface area (Å²) in [4.78, 5) is 13.5. The molecule has 0 spiro atoms. The molecule has 1 amide bonds. The zero-order chi connectivity index (χ0) is 11.9. The van der Waals surface area contributed by atoms with E-state index in [2.05, 4.69) is 24.1 Å². The Bertz CT molecular complexity index is 428. The Morgan fingerprint density at radius 2 is 2.12 bits per heavy atom. The average molecular weight is 219 g/mol. The molecule has 0 aliphatic carbocycles. The molecule has 4 nitrogen and oxygen atoms in total. The minimum Gasteiger partial charge on any atom is -0.372 e. The number of nitrogens with two attached hydrogens (primary N) is 1. The lowest BCUT2D eigenvalue weighted by atomic mass is 10.1. The van der Waals surface area contributed by atoms with E-state index in [-0.39, 0.29) is 5.91 Å². The van der Waals surface area contributed by atoms with Gasteiger partial charge in [0.1, 0.15) is 6.04 Å². The maximum absolute atomic E-state index is 11.4. The van der Waals surface area contributed by atoms with Gasteiger partial charge in [-0.05, 0) is 26.0 Å². The Balaban J connectivity index is 2.35. The van der Waals surface area contributed by atoms with E-state index in [0.717, 1.165) is 16.9 Å². The van der Waals surface area contributed by atoms with Crippen molar-refractivity contribution in [2.24, 2.45) is 5.73 Å². The predicted molar refractivity (Wildman–Crippen MR) is 65.5 cm³/mol. The second-order valence-electron chi connectivity index (χ2n) is 4.44. The zero-order valence-electron chi connectivity index (χ0n) is 9.82. The summed E-state index contributed by atoms with van der Waals surface area (Å²) in [5.41, 5.74) is 8.55. The van der Waals surface area contributed by atoms with Crippen LogP contribution in [0.1, 0.15) is 25.5 Å². The van der Waals surface area contributed by atoms with Crippen molar-refractivity contribution >= 4 is 17.3 Å². The molecule has 1 heterocycles. The number of hydrogen-bond donors (Lipinski definition) is 2. The maximum Gasteiger partial charge on any atom is 0.245 e. The first kappa shape index (κ1) is 11.0. The SMILES string of the molecule is CC(C)N(C)c1ccc2c(c1)NC(=O)C2N. The summed E-state index contributed by atoms with van der Waals surface area (Å²) in [5.74, 6) is -0.126. The molecule has 0 saturated heterocycles. The second-order valence-corrected chi connectivity index (χ2v) is 4.44. The summed E-state index contributed by atoms with van der Waals surface area (Å²) in [5, 5.41) is 2.79. The Hall–Kier alpha value is -1.55. The van der Waals surface area contributed by atoms with Gasteiger partial charge in [0.15, 0.2) is 0 Å². The fraction of sp³-hybridized carbons (Fsp3) is 0.417. The van der Waals surface area contributed by atoms with Crippen molar-refractivity contribution in [3.63, 3.8) is 0 Å². The lowest BCUT2D eigenvalue weighted by Crippen LogP contribution is -2.25. The average Bonchev–Trinajstić information content (AvgIpc) is 2.53. The molecule has 0 bridgehead atoms. The van der Waals surface area contributed by atoms with Crippen molar-refractivity contribution < 1.29 is 4.79 Å². The molecule has 1 unspecified atom stereocenters. The minimum atomic E-state index is -0.520. The highest BCUT2D eigenvalue weighted by Crippen LogP contribution is 2.32. The number of benzene rings is 1. The molecule has 1 aromatic rings. The lowest BCUT2D eigenvalue weighted by molar-refractivity contribution is -0.116. The van der Waals surface area contributed by atoms with Crippen molar-refractivity contribution in [1.29, 1.82) is 0 Å². The second kappa shape index (κ2) is 3.79.